The number of hydrogen-bond donors (Lipinski definition) is 2. The number of carbonyl (C=O) groups is 1. The predicted molar refractivity (Wildman–Crippen MR) is 80.3 cm³/mol. The average molecular weight is 292 g/mol. The highest BCUT2D eigenvalue weighted by molar-refractivity contribution is 6.29. The van der Waals surface area contributed by atoms with Crippen molar-refractivity contribution in [2.75, 3.05) is 24.3 Å². The topological polar surface area (TPSA) is 65.5 Å². The molecule has 1 aromatic carbocycles. The van der Waals surface area contributed by atoms with E-state index < -0.39 is 5.97 Å². The van der Waals surface area contributed by atoms with Crippen LogP contribution < -0.4 is 10.2 Å². The summed E-state index contributed by atoms with van der Waals surface area (Å²) in [5.74, 6) is -0.835. The molecule has 2 aromatic rings. The molecule has 104 valence electrons. The van der Waals surface area contributed by atoms with E-state index in [0.29, 0.717) is 0 Å². The molecule has 0 radical (unpaired) electrons. The molecule has 0 aliphatic rings. The van der Waals surface area contributed by atoms with Crippen molar-refractivity contribution >= 4 is 34.8 Å². The minimum absolute atomic E-state index is 0.0722. The summed E-state index contributed by atoms with van der Waals surface area (Å²) in [6.45, 7) is 0. The first-order valence-corrected chi connectivity index (χ1v) is 6.30. The molecule has 6 heteroatoms. The first-order chi connectivity index (χ1) is 9.49. The van der Waals surface area contributed by atoms with Crippen LogP contribution in [0.4, 0.5) is 17.2 Å². The van der Waals surface area contributed by atoms with Gasteiger partial charge in [-0.25, -0.2) is 9.78 Å². The van der Waals surface area contributed by atoms with Gasteiger partial charge in [0.25, 0.3) is 0 Å². The van der Waals surface area contributed by atoms with Gasteiger partial charge >= 0.3 is 5.97 Å². The summed E-state index contributed by atoms with van der Waals surface area (Å²) < 4.78 is 0. The number of aromatic carboxylic acids is 1. The maximum absolute atomic E-state index is 11.2. The van der Waals surface area contributed by atoms with Crippen molar-refractivity contribution in [1.29, 1.82) is 0 Å². The Hall–Kier alpha value is -2.27. The fourth-order valence-corrected chi connectivity index (χ4v) is 1.95. The Morgan fingerprint density at radius 1 is 1.25 bits per heavy atom. The van der Waals surface area contributed by atoms with Gasteiger partial charge in [0.05, 0.1) is 11.4 Å². The predicted octanol–water partition coefficient (Wildman–Crippen LogP) is 3.24. The number of anilines is 3. The van der Waals surface area contributed by atoms with Crippen molar-refractivity contribution in [2.45, 2.75) is 0 Å². The first kappa shape index (κ1) is 14.1. The largest absolute Gasteiger partial charge is 0.478 e. The zero-order valence-electron chi connectivity index (χ0n) is 11.1. The van der Waals surface area contributed by atoms with Crippen LogP contribution in [0.5, 0.6) is 0 Å². The summed E-state index contributed by atoms with van der Waals surface area (Å²) in [5.41, 5.74) is 1.75. The van der Waals surface area contributed by atoms with Gasteiger partial charge in [-0.2, -0.15) is 0 Å². The molecule has 0 spiro atoms. The van der Waals surface area contributed by atoms with E-state index >= 15 is 0 Å². The standard InChI is InChI=1S/C14H14ClN3O2/c1-18(2)11-6-4-3-5-10(11)16-13-9(14(19)20)7-8-12(15)17-13/h3-8H,1-2H3,(H,16,17)(H,19,20). The Morgan fingerprint density at radius 2 is 1.95 bits per heavy atom. The van der Waals surface area contributed by atoms with Crippen LogP contribution in [-0.2, 0) is 0 Å². The third kappa shape index (κ3) is 3.00. The van der Waals surface area contributed by atoms with Crippen LogP contribution in [-0.4, -0.2) is 30.2 Å². The molecule has 0 amide bonds. The lowest BCUT2D eigenvalue weighted by molar-refractivity contribution is 0.0697. The molecule has 0 atom stereocenters. The second kappa shape index (κ2) is 5.79. The van der Waals surface area contributed by atoms with E-state index in [0.717, 1.165) is 11.4 Å². The lowest BCUT2D eigenvalue weighted by atomic mass is 10.2. The third-order valence-corrected chi connectivity index (χ3v) is 2.94. The van der Waals surface area contributed by atoms with E-state index in [4.69, 9.17) is 11.6 Å². The Morgan fingerprint density at radius 3 is 2.60 bits per heavy atom. The van der Waals surface area contributed by atoms with Gasteiger partial charge in [-0.3, -0.25) is 0 Å². The van der Waals surface area contributed by atoms with Gasteiger partial charge in [-0.1, -0.05) is 23.7 Å². The van der Waals surface area contributed by atoms with Gasteiger partial charge in [0.2, 0.25) is 0 Å². The van der Waals surface area contributed by atoms with E-state index in [9.17, 15) is 9.90 Å². The quantitative estimate of drug-likeness (QED) is 0.847. The zero-order valence-corrected chi connectivity index (χ0v) is 11.8. The number of nitrogens with zero attached hydrogens (tertiary/aromatic N) is 2. The van der Waals surface area contributed by atoms with Crippen LogP contribution in [0.15, 0.2) is 36.4 Å². The molecule has 0 aliphatic carbocycles. The Balaban J connectivity index is 2.45. The first-order valence-electron chi connectivity index (χ1n) is 5.92. The summed E-state index contributed by atoms with van der Waals surface area (Å²) in [5, 5.41) is 12.4. The Labute approximate surface area is 121 Å². The van der Waals surface area contributed by atoms with Crippen LogP contribution >= 0.6 is 11.6 Å². The van der Waals surface area contributed by atoms with Crippen molar-refractivity contribution in [3.05, 3.63) is 47.1 Å². The van der Waals surface area contributed by atoms with Crippen molar-refractivity contribution in [3.63, 3.8) is 0 Å². The molecule has 0 bridgehead atoms. The molecule has 2 rings (SSSR count). The number of carboxylic acids is 1. The van der Waals surface area contributed by atoms with Crippen molar-refractivity contribution in [3.8, 4) is 0 Å². The lowest BCUT2D eigenvalue weighted by Gasteiger charge is -2.18. The molecule has 1 heterocycles. The number of rotatable bonds is 4. The van der Waals surface area contributed by atoms with E-state index in [1.807, 2.05) is 43.3 Å². The number of para-hydroxylation sites is 2. The van der Waals surface area contributed by atoms with E-state index in [1.165, 1.54) is 12.1 Å². The summed E-state index contributed by atoms with van der Waals surface area (Å²) in [6.07, 6.45) is 0. The summed E-state index contributed by atoms with van der Waals surface area (Å²) in [6, 6.07) is 10.4. The minimum Gasteiger partial charge on any atom is -0.478 e. The van der Waals surface area contributed by atoms with Crippen LogP contribution in [0, 0.1) is 0 Å². The van der Waals surface area contributed by atoms with Crippen LogP contribution in [0.3, 0.4) is 0 Å². The normalized spacial score (nSPS) is 10.2. The Kier molecular flexibility index (Phi) is 4.10. The molecular formula is C14H14ClN3O2. The smallest absolute Gasteiger partial charge is 0.339 e. The van der Waals surface area contributed by atoms with Gasteiger partial charge in [0.15, 0.2) is 0 Å². The zero-order chi connectivity index (χ0) is 14.7. The van der Waals surface area contributed by atoms with Gasteiger partial charge < -0.3 is 15.3 Å². The van der Waals surface area contributed by atoms with Gasteiger partial charge in [-0.15, -0.1) is 0 Å². The number of pyridine rings is 1. The molecule has 2 N–H and O–H groups in total. The van der Waals surface area contributed by atoms with Crippen LogP contribution in [0.1, 0.15) is 10.4 Å². The summed E-state index contributed by atoms with van der Waals surface area (Å²) in [4.78, 5) is 17.2. The number of hydrogen-bond acceptors (Lipinski definition) is 4. The molecule has 0 unspecified atom stereocenters. The number of halogens is 1. The van der Waals surface area contributed by atoms with E-state index in [-0.39, 0.29) is 16.5 Å². The molecule has 1 aromatic heterocycles. The second-order valence-corrected chi connectivity index (χ2v) is 4.76. The minimum atomic E-state index is -1.06. The van der Waals surface area contributed by atoms with Gasteiger partial charge in [-0.05, 0) is 24.3 Å². The number of aromatic nitrogens is 1. The molecule has 0 aliphatic heterocycles. The van der Waals surface area contributed by atoms with Crippen molar-refractivity contribution in [2.24, 2.45) is 0 Å². The second-order valence-electron chi connectivity index (χ2n) is 4.37. The summed E-state index contributed by atoms with van der Waals surface area (Å²) in [7, 11) is 3.81. The van der Waals surface area contributed by atoms with Crippen LogP contribution in [0.2, 0.25) is 5.15 Å². The number of carboxylic acid groups (broad SMARTS) is 1. The van der Waals surface area contributed by atoms with Crippen LogP contribution in [0.25, 0.3) is 0 Å². The molecule has 5 nitrogen and oxygen atoms in total. The molecular weight excluding hydrogens is 278 g/mol. The number of nitrogens with one attached hydrogen (secondary N) is 1. The highest BCUT2D eigenvalue weighted by atomic mass is 35.5. The fourth-order valence-electron chi connectivity index (χ4n) is 1.80. The monoisotopic (exact) mass is 291 g/mol. The van der Waals surface area contributed by atoms with Crippen molar-refractivity contribution in [1.82, 2.24) is 4.98 Å². The summed E-state index contributed by atoms with van der Waals surface area (Å²) >= 11 is 5.84. The molecule has 0 saturated carbocycles. The SMILES string of the molecule is CN(C)c1ccccc1Nc1nc(Cl)ccc1C(=O)O. The highest BCUT2D eigenvalue weighted by Crippen LogP contribution is 2.28. The number of benzene rings is 1. The van der Waals surface area contributed by atoms with E-state index in [1.54, 1.807) is 0 Å². The molecule has 0 saturated heterocycles. The van der Waals surface area contributed by atoms with Gasteiger partial charge in [0, 0.05) is 14.1 Å². The maximum Gasteiger partial charge on any atom is 0.339 e. The highest BCUT2D eigenvalue weighted by Gasteiger charge is 2.14. The Bertz CT molecular complexity index is 644. The molecule has 0 fully saturated rings. The third-order valence-electron chi connectivity index (χ3n) is 2.73. The average Bonchev–Trinajstić information content (AvgIpc) is 2.38. The van der Waals surface area contributed by atoms with Gasteiger partial charge in [0.1, 0.15) is 16.5 Å². The lowest BCUT2D eigenvalue weighted by Crippen LogP contribution is -2.12. The fraction of sp³-hybridized carbons (Fsp3) is 0.143. The van der Waals surface area contributed by atoms with E-state index in [2.05, 4.69) is 10.3 Å². The van der Waals surface area contributed by atoms with Crippen molar-refractivity contribution < 1.29 is 9.90 Å². The maximum atomic E-state index is 11.2. The molecule has 20 heavy (non-hydrogen) atoms.